The quantitative estimate of drug-likeness (QED) is 0.293. The number of hydrogen-bond acceptors (Lipinski definition) is 5. The molecule has 29 heavy (non-hydrogen) atoms. The number of amides is 1. The Labute approximate surface area is 187 Å². The van der Waals surface area contributed by atoms with Crippen LogP contribution in [0.15, 0.2) is 34.6 Å². The summed E-state index contributed by atoms with van der Waals surface area (Å²) in [6.07, 6.45) is -4.60. The minimum atomic E-state index is -4.41. The number of methoxy groups -OCH3 is 1. The van der Waals surface area contributed by atoms with Crippen molar-refractivity contribution >= 4 is 53.1 Å². The van der Waals surface area contributed by atoms with Crippen LogP contribution in [0.1, 0.15) is 16.3 Å². The van der Waals surface area contributed by atoms with Gasteiger partial charge < -0.3 is 15.4 Å². The Kier molecular flexibility index (Phi) is 10.2. The van der Waals surface area contributed by atoms with E-state index in [0.717, 1.165) is 22.3 Å². The Morgan fingerprint density at radius 2 is 1.93 bits per heavy atom. The van der Waals surface area contributed by atoms with Crippen molar-refractivity contribution in [3.63, 3.8) is 0 Å². The fraction of sp³-hybridized carbons (Fsp3) is 0.353. The number of nitrogens with one attached hydrogen (secondary N) is 3. The number of guanidine groups is 1. The minimum absolute atomic E-state index is 0. The Bertz CT molecular complexity index is 812. The van der Waals surface area contributed by atoms with Crippen LogP contribution in [0, 0.1) is 0 Å². The lowest BCUT2D eigenvalue weighted by Gasteiger charge is -2.12. The topological polar surface area (TPSA) is 87.6 Å². The van der Waals surface area contributed by atoms with Crippen molar-refractivity contribution in [1.82, 2.24) is 15.6 Å². The number of halogens is 4. The zero-order valence-electron chi connectivity index (χ0n) is 15.7. The molecule has 1 aromatic heterocycles. The van der Waals surface area contributed by atoms with Crippen molar-refractivity contribution < 1.29 is 22.7 Å². The van der Waals surface area contributed by atoms with Crippen molar-refractivity contribution in [1.29, 1.82) is 0 Å². The Morgan fingerprint density at radius 3 is 2.48 bits per heavy atom. The number of ether oxygens (including phenoxy) is 1. The van der Waals surface area contributed by atoms with Gasteiger partial charge in [-0.3, -0.25) is 10.3 Å². The second-order valence-corrected chi connectivity index (χ2v) is 6.48. The highest BCUT2D eigenvalue weighted by Gasteiger charge is 2.33. The zero-order valence-corrected chi connectivity index (χ0v) is 18.8. The number of hydrogen-bond donors (Lipinski definition) is 3. The summed E-state index contributed by atoms with van der Waals surface area (Å²) in [4.78, 5) is 18.8. The summed E-state index contributed by atoms with van der Waals surface area (Å²) in [5.74, 6) is 0.518. The van der Waals surface area contributed by atoms with Crippen LogP contribution in [-0.4, -0.2) is 37.7 Å². The fourth-order valence-corrected chi connectivity index (χ4v) is 2.93. The van der Waals surface area contributed by atoms with E-state index in [1.807, 2.05) is 12.1 Å². The van der Waals surface area contributed by atoms with Crippen LogP contribution in [0.4, 0.5) is 23.7 Å². The molecule has 0 aliphatic rings. The van der Waals surface area contributed by atoms with Gasteiger partial charge in [0.2, 0.25) is 0 Å². The van der Waals surface area contributed by atoms with Gasteiger partial charge in [0.25, 0.3) is 0 Å². The Morgan fingerprint density at radius 1 is 1.24 bits per heavy atom. The molecule has 0 radical (unpaired) electrons. The highest BCUT2D eigenvalue weighted by molar-refractivity contribution is 14.0. The van der Waals surface area contributed by atoms with Crippen LogP contribution in [0.3, 0.4) is 0 Å². The predicted octanol–water partition coefficient (Wildman–Crippen LogP) is 3.87. The second kappa shape index (κ2) is 11.8. The number of aromatic nitrogens is 1. The molecule has 2 aromatic rings. The molecule has 1 heterocycles. The maximum Gasteiger partial charge on any atom is 0.434 e. The number of anilines is 1. The third-order valence-corrected chi connectivity index (χ3v) is 4.45. The first-order valence-corrected chi connectivity index (χ1v) is 9.10. The SMILES string of the molecule is CN=C(NCCc1nc(C(F)(F)F)cs1)NCc1ccc(NC(=O)OC)cc1.I. The second-order valence-electron chi connectivity index (χ2n) is 5.54. The molecule has 0 spiro atoms. The maximum atomic E-state index is 12.5. The number of carbonyl (C=O) groups is 1. The predicted molar refractivity (Wildman–Crippen MR) is 117 cm³/mol. The molecule has 3 N–H and O–H groups in total. The summed E-state index contributed by atoms with van der Waals surface area (Å²) in [6.45, 7) is 0.875. The molecule has 1 amide bonds. The molecule has 0 saturated carbocycles. The monoisotopic (exact) mass is 543 g/mol. The summed E-state index contributed by atoms with van der Waals surface area (Å²) < 4.78 is 42.2. The molecule has 0 aliphatic heterocycles. The lowest BCUT2D eigenvalue weighted by Crippen LogP contribution is -2.37. The van der Waals surface area contributed by atoms with Crippen LogP contribution in [-0.2, 0) is 23.9 Å². The molecule has 2 rings (SSSR count). The molecular weight excluding hydrogens is 522 g/mol. The van der Waals surface area contributed by atoms with E-state index < -0.39 is 18.0 Å². The van der Waals surface area contributed by atoms with Gasteiger partial charge in [0.1, 0.15) is 0 Å². The van der Waals surface area contributed by atoms with E-state index in [9.17, 15) is 18.0 Å². The standard InChI is InChI=1S/C17H20F3N5O2S.HI/c1-21-15(22-8-7-14-25-13(10-28-14)17(18,19)20)23-9-11-3-5-12(6-4-11)24-16(26)27-2;/h3-6,10H,7-9H2,1-2H3,(H,24,26)(H2,21,22,23);1H. The van der Waals surface area contributed by atoms with Gasteiger partial charge in [-0.15, -0.1) is 35.3 Å². The van der Waals surface area contributed by atoms with E-state index in [0.29, 0.717) is 36.2 Å². The lowest BCUT2D eigenvalue weighted by molar-refractivity contribution is -0.140. The third-order valence-electron chi connectivity index (χ3n) is 3.54. The number of benzene rings is 1. The molecule has 0 atom stereocenters. The number of rotatable bonds is 6. The summed E-state index contributed by atoms with van der Waals surface area (Å²) in [5, 5.41) is 10.1. The van der Waals surface area contributed by atoms with Crippen molar-refractivity contribution in [3.05, 3.63) is 45.9 Å². The molecule has 0 saturated heterocycles. The normalized spacial score (nSPS) is 11.4. The summed E-state index contributed by atoms with van der Waals surface area (Å²) >= 11 is 0.983. The van der Waals surface area contributed by atoms with Gasteiger partial charge in [-0.1, -0.05) is 12.1 Å². The van der Waals surface area contributed by atoms with E-state index in [1.165, 1.54) is 7.11 Å². The number of nitrogens with zero attached hydrogens (tertiary/aromatic N) is 2. The summed E-state index contributed by atoms with van der Waals surface area (Å²) in [5.41, 5.74) is 0.702. The van der Waals surface area contributed by atoms with Crippen LogP contribution in [0.25, 0.3) is 0 Å². The van der Waals surface area contributed by atoms with Gasteiger partial charge in [0, 0.05) is 37.6 Å². The van der Waals surface area contributed by atoms with Gasteiger partial charge >= 0.3 is 12.3 Å². The van der Waals surface area contributed by atoms with Gasteiger partial charge in [0.15, 0.2) is 11.7 Å². The van der Waals surface area contributed by atoms with Crippen LogP contribution >= 0.6 is 35.3 Å². The third kappa shape index (κ3) is 8.43. The average molecular weight is 543 g/mol. The average Bonchev–Trinajstić information content (AvgIpc) is 3.15. The van der Waals surface area contributed by atoms with Gasteiger partial charge in [-0.25, -0.2) is 9.78 Å². The number of carbonyl (C=O) groups excluding carboxylic acids is 1. The summed E-state index contributed by atoms with van der Waals surface area (Å²) in [6, 6.07) is 7.15. The molecule has 12 heteroatoms. The molecule has 7 nitrogen and oxygen atoms in total. The number of aliphatic imine (C=N–C) groups is 1. The molecule has 0 bridgehead atoms. The largest absolute Gasteiger partial charge is 0.453 e. The molecule has 0 aliphatic carbocycles. The van der Waals surface area contributed by atoms with Crippen LogP contribution in [0.5, 0.6) is 0 Å². The van der Waals surface area contributed by atoms with Crippen LogP contribution in [0.2, 0.25) is 0 Å². The van der Waals surface area contributed by atoms with E-state index in [2.05, 4.69) is 30.7 Å². The Hall–Kier alpha value is -2.09. The van der Waals surface area contributed by atoms with Crippen molar-refractivity contribution in [2.24, 2.45) is 4.99 Å². The van der Waals surface area contributed by atoms with Gasteiger partial charge in [0.05, 0.1) is 12.1 Å². The minimum Gasteiger partial charge on any atom is -0.453 e. The van der Waals surface area contributed by atoms with Crippen molar-refractivity contribution in [2.75, 3.05) is 26.0 Å². The van der Waals surface area contributed by atoms with Crippen molar-refractivity contribution in [3.8, 4) is 0 Å². The molecule has 0 fully saturated rings. The lowest BCUT2D eigenvalue weighted by atomic mass is 10.2. The smallest absolute Gasteiger partial charge is 0.434 e. The van der Waals surface area contributed by atoms with Gasteiger partial charge in [-0.2, -0.15) is 13.2 Å². The van der Waals surface area contributed by atoms with E-state index >= 15 is 0 Å². The first kappa shape index (κ1) is 24.9. The van der Waals surface area contributed by atoms with E-state index in [-0.39, 0.29) is 24.0 Å². The van der Waals surface area contributed by atoms with Crippen molar-refractivity contribution in [2.45, 2.75) is 19.1 Å². The molecule has 160 valence electrons. The van der Waals surface area contributed by atoms with Crippen LogP contribution < -0.4 is 16.0 Å². The molecule has 0 unspecified atom stereocenters. The number of thiazole rings is 1. The maximum absolute atomic E-state index is 12.5. The van der Waals surface area contributed by atoms with E-state index in [1.54, 1.807) is 19.2 Å². The molecular formula is C17H21F3IN5O2S. The van der Waals surface area contributed by atoms with E-state index in [4.69, 9.17) is 0 Å². The highest BCUT2D eigenvalue weighted by atomic mass is 127. The summed E-state index contributed by atoms with van der Waals surface area (Å²) in [7, 11) is 2.89. The first-order valence-electron chi connectivity index (χ1n) is 8.22. The fourth-order valence-electron chi connectivity index (χ4n) is 2.12. The number of alkyl halides is 3. The zero-order chi connectivity index (χ0) is 20.6. The highest BCUT2D eigenvalue weighted by Crippen LogP contribution is 2.29. The Balaban J connectivity index is 0.00000420. The molecule has 1 aromatic carbocycles. The van der Waals surface area contributed by atoms with Gasteiger partial charge in [-0.05, 0) is 17.7 Å². The first-order chi connectivity index (χ1) is 13.3.